The van der Waals surface area contributed by atoms with Crippen molar-refractivity contribution in [1.82, 2.24) is 5.32 Å². The molecule has 0 radical (unpaired) electrons. The van der Waals surface area contributed by atoms with Crippen LogP contribution < -0.4 is 10.1 Å². The first-order valence-electron chi connectivity index (χ1n) is 10.1. The lowest BCUT2D eigenvalue weighted by atomic mass is 10.0. The van der Waals surface area contributed by atoms with Gasteiger partial charge >= 0.3 is 0 Å². The largest absolute Gasteiger partial charge is 0.489 e. The van der Waals surface area contributed by atoms with Gasteiger partial charge in [0.05, 0.1) is 4.11 Å². The second-order valence-electron chi connectivity index (χ2n) is 5.24. The Morgan fingerprint density at radius 3 is 2.87 bits per heavy atom. The van der Waals surface area contributed by atoms with Gasteiger partial charge in [-0.05, 0) is 42.2 Å². The predicted octanol–water partition coefficient (Wildman–Crippen LogP) is 3.32. The molecule has 1 amide bonds. The zero-order chi connectivity index (χ0) is 21.8. The van der Waals surface area contributed by atoms with Crippen LogP contribution in [0.1, 0.15) is 36.6 Å². The third-order valence-electron chi connectivity index (χ3n) is 3.54. The zero-order valence-electron chi connectivity index (χ0n) is 19.1. The molecule has 0 aliphatic heterocycles. The van der Waals surface area contributed by atoms with Crippen molar-refractivity contribution in [2.24, 2.45) is 0 Å². The molecule has 0 spiro atoms. The first-order chi connectivity index (χ1) is 13.4. The van der Waals surface area contributed by atoms with E-state index in [4.69, 9.17) is 17.7 Å². The van der Waals surface area contributed by atoms with Crippen molar-refractivity contribution in [3.8, 4) is 5.75 Å². The number of ether oxygens (including phenoxy) is 2. The summed E-state index contributed by atoms with van der Waals surface area (Å²) in [6, 6.07) is 12.2. The summed E-state index contributed by atoms with van der Waals surface area (Å²) in [5.74, 6) is -0.416. The van der Waals surface area contributed by atoms with Crippen molar-refractivity contribution in [3.05, 3.63) is 64.7 Å². The van der Waals surface area contributed by atoms with Crippen molar-refractivity contribution in [2.45, 2.75) is 26.6 Å². The number of aryl methyl sites for hydroxylation is 2. The summed E-state index contributed by atoms with van der Waals surface area (Å²) in [7, 11) is -2.90. The molecule has 1 N–H and O–H groups in total. The monoisotopic (exact) mass is 319 g/mol. The second kappa shape index (κ2) is 7.79. The van der Waals surface area contributed by atoms with Gasteiger partial charge in [0.1, 0.15) is 12.4 Å². The van der Waals surface area contributed by atoms with Gasteiger partial charge < -0.3 is 14.8 Å². The maximum atomic E-state index is 12.5. The van der Waals surface area contributed by atoms with Crippen LogP contribution in [-0.2, 0) is 16.1 Å². The molecular weight excluding hydrogens is 290 g/mol. The van der Waals surface area contributed by atoms with E-state index in [9.17, 15) is 4.79 Å². The van der Waals surface area contributed by atoms with Crippen LogP contribution in [0.15, 0.2) is 42.5 Å². The van der Waals surface area contributed by atoms with E-state index in [1.165, 1.54) is 6.07 Å². The maximum absolute atomic E-state index is 12.5. The van der Waals surface area contributed by atoms with E-state index in [0.717, 1.165) is 11.1 Å². The zero-order valence-corrected chi connectivity index (χ0v) is 13.1. The number of benzene rings is 2. The fraction of sp³-hybridized carbons (Fsp3) is 0.316. The Morgan fingerprint density at radius 2 is 2.09 bits per heavy atom. The topological polar surface area (TPSA) is 47.6 Å². The summed E-state index contributed by atoms with van der Waals surface area (Å²) in [6.07, 6.45) is -1.64. The Labute approximate surface area is 145 Å². The van der Waals surface area contributed by atoms with Crippen LogP contribution in [0.3, 0.4) is 0 Å². The molecule has 122 valence electrons. The minimum Gasteiger partial charge on any atom is -0.489 e. The molecule has 4 heteroatoms. The molecule has 0 aliphatic carbocycles. The lowest BCUT2D eigenvalue weighted by Crippen LogP contribution is -2.27. The van der Waals surface area contributed by atoms with Gasteiger partial charge in [-0.2, -0.15) is 0 Å². The van der Waals surface area contributed by atoms with E-state index in [0.29, 0.717) is 11.3 Å². The molecule has 0 aromatic heterocycles. The third kappa shape index (κ3) is 4.11. The van der Waals surface area contributed by atoms with E-state index >= 15 is 0 Å². The molecule has 0 saturated carbocycles. The summed E-state index contributed by atoms with van der Waals surface area (Å²) in [4.78, 5) is 12.5. The Bertz CT molecular complexity index is 864. The van der Waals surface area contributed by atoms with E-state index in [1.807, 2.05) is 32.0 Å². The van der Waals surface area contributed by atoms with Gasteiger partial charge in [-0.15, -0.1) is 0 Å². The smallest absolute Gasteiger partial charge is 0.253 e. The number of nitrogens with one attached hydrogen (secondary N) is 1. The fourth-order valence-corrected chi connectivity index (χ4v) is 2.26. The van der Waals surface area contributed by atoms with E-state index in [1.54, 1.807) is 23.5 Å². The highest BCUT2D eigenvalue weighted by Crippen LogP contribution is 2.25. The van der Waals surface area contributed by atoms with Gasteiger partial charge in [0.2, 0.25) is 0 Å². The van der Waals surface area contributed by atoms with E-state index in [-0.39, 0.29) is 12.2 Å². The highest BCUT2D eigenvalue weighted by molar-refractivity contribution is 5.82. The molecule has 0 heterocycles. The third-order valence-corrected chi connectivity index (χ3v) is 3.54. The lowest BCUT2D eigenvalue weighted by Gasteiger charge is -2.18. The summed E-state index contributed by atoms with van der Waals surface area (Å²) in [5.41, 5.74) is 2.65. The van der Waals surface area contributed by atoms with Crippen LogP contribution in [0.4, 0.5) is 0 Å². The first kappa shape index (κ1) is 10.4. The number of methoxy groups -OCH3 is 1. The Hall–Kier alpha value is -2.33. The second-order valence-corrected chi connectivity index (χ2v) is 5.24. The Balaban J connectivity index is 2.34. The number of hydrogen-bond donors (Lipinski definition) is 1. The molecule has 0 saturated heterocycles. The molecule has 2 rings (SSSR count). The van der Waals surface area contributed by atoms with Crippen molar-refractivity contribution in [1.29, 1.82) is 0 Å². The first-order valence-corrected chi connectivity index (χ1v) is 7.13. The number of carbonyl (C=O) groups excluding carboxylic acids is 1. The van der Waals surface area contributed by atoms with Crippen LogP contribution in [0.5, 0.6) is 5.75 Å². The molecule has 0 fully saturated rings. The lowest BCUT2D eigenvalue weighted by molar-refractivity contribution is -0.130. The Morgan fingerprint density at radius 1 is 1.26 bits per heavy atom. The maximum Gasteiger partial charge on any atom is 0.253 e. The summed E-state index contributed by atoms with van der Waals surface area (Å²) in [6.45, 7) is 1.09. The minimum absolute atomic E-state index is 0.0440. The summed E-state index contributed by atoms with van der Waals surface area (Å²) >= 11 is 0. The molecule has 0 aliphatic rings. The normalized spacial score (nSPS) is 16.8. The number of hydrogen-bond acceptors (Lipinski definition) is 3. The average Bonchev–Trinajstić information content (AvgIpc) is 2.58. The molecule has 0 bridgehead atoms. The standard InChI is InChI=1S/C19H23NO3/c1-13-9-10-14(2)17(11-13)23-12-15-7-5-6-8-16(15)18(22-4)19(21)20-3/h5-11,18H,12H2,1-4H3,(H,20,21)/i3D3,4D3. The number of likely N-dealkylation sites (N-methyl/N-ethyl adjacent to an activating group) is 1. The van der Waals surface area contributed by atoms with E-state index < -0.39 is 26.0 Å². The van der Waals surface area contributed by atoms with Gasteiger partial charge in [0, 0.05) is 18.1 Å². The van der Waals surface area contributed by atoms with Gasteiger partial charge in [0.15, 0.2) is 6.10 Å². The molecule has 1 unspecified atom stereocenters. The van der Waals surface area contributed by atoms with Gasteiger partial charge in [0.25, 0.3) is 5.91 Å². The van der Waals surface area contributed by atoms with Crippen LogP contribution in [-0.4, -0.2) is 19.9 Å². The summed E-state index contributed by atoms with van der Waals surface area (Å²) < 4.78 is 54.5. The van der Waals surface area contributed by atoms with Crippen LogP contribution in [0.25, 0.3) is 0 Å². The van der Waals surface area contributed by atoms with Crippen LogP contribution in [0, 0.1) is 13.8 Å². The number of rotatable bonds is 6. The molecular formula is C19H23NO3. The van der Waals surface area contributed by atoms with Crippen molar-refractivity contribution in [2.75, 3.05) is 14.0 Å². The van der Waals surface area contributed by atoms with Gasteiger partial charge in [-0.25, -0.2) is 0 Å². The van der Waals surface area contributed by atoms with Gasteiger partial charge in [-0.1, -0.05) is 36.4 Å². The SMILES string of the molecule is [2H]C([2H])([2H])NC(=O)C(OC([2H])([2H])[2H])c1ccccc1COc1cc(C)ccc1C. The van der Waals surface area contributed by atoms with Crippen molar-refractivity contribution in [3.63, 3.8) is 0 Å². The Kier molecular flexibility index (Phi) is 3.54. The van der Waals surface area contributed by atoms with Crippen molar-refractivity contribution < 1.29 is 22.5 Å². The van der Waals surface area contributed by atoms with Crippen LogP contribution >= 0.6 is 0 Å². The highest BCUT2D eigenvalue weighted by Gasteiger charge is 2.21. The van der Waals surface area contributed by atoms with Crippen LogP contribution in [0.2, 0.25) is 0 Å². The molecule has 1 atom stereocenters. The van der Waals surface area contributed by atoms with Crippen molar-refractivity contribution >= 4 is 5.91 Å². The summed E-state index contributed by atoms with van der Waals surface area (Å²) in [5, 5.41) is 1.80. The number of carbonyl (C=O) groups is 1. The molecule has 2 aromatic rings. The predicted molar refractivity (Wildman–Crippen MR) is 90.5 cm³/mol. The molecule has 4 nitrogen and oxygen atoms in total. The molecule has 2 aromatic carbocycles. The quantitative estimate of drug-likeness (QED) is 0.888. The fourth-order valence-electron chi connectivity index (χ4n) is 2.26. The number of amides is 1. The minimum atomic E-state index is -2.90. The van der Waals surface area contributed by atoms with E-state index in [2.05, 4.69) is 0 Å². The molecule has 23 heavy (non-hydrogen) atoms. The van der Waals surface area contributed by atoms with Gasteiger partial charge in [-0.3, -0.25) is 4.79 Å². The highest BCUT2D eigenvalue weighted by atomic mass is 16.5. The average molecular weight is 319 g/mol.